The van der Waals surface area contributed by atoms with Crippen LogP contribution in [0.15, 0.2) is 30.6 Å². The Bertz CT molecular complexity index is 441. The van der Waals surface area contributed by atoms with Crippen LogP contribution in [-0.4, -0.2) is 15.2 Å². The van der Waals surface area contributed by atoms with Gasteiger partial charge in [-0.1, -0.05) is 18.2 Å². The molecule has 0 aliphatic rings. The molecule has 1 aromatic carbocycles. The van der Waals surface area contributed by atoms with Gasteiger partial charge in [-0.2, -0.15) is 5.10 Å². The molecule has 0 saturated carbocycles. The Kier molecular flexibility index (Phi) is 3.26. The van der Waals surface area contributed by atoms with Crippen LogP contribution in [0.3, 0.4) is 0 Å². The van der Waals surface area contributed by atoms with Crippen molar-refractivity contribution in [1.82, 2.24) is 20.5 Å². The molecule has 0 radical (unpaired) electrons. The van der Waals surface area contributed by atoms with E-state index in [-0.39, 0.29) is 11.9 Å². The molecule has 4 nitrogen and oxygen atoms in total. The van der Waals surface area contributed by atoms with Crippen LogP contribution in [0.5, 0.6) is 0 Å². The molecule has 0 amide bonds. The predicted octanol–water partition coefficient (Wildman–Crippen LogP) is 1.79. The first-order valence-corrected chi connectivity index (χ1v) is 5.09. The van der Waals surface area contributed by atoms with Crippen LogP contribution in [0.2, 0.25) is 0 Å². The number of benzene rings is 1. The third kappa shape index (κ3) is 2.43. The summed E-state index contributed by atoms with van der Waals surface area (Å²) in [6, 6.07) is 6.67. The van der Waals surface area contributed by atoms with Crippen molar-refractivity contribution in [3.05, 3.63) is 47.8 Å². The smallest absolute Gasteiger partial charge is 0.138 e. The van der Waals surface area contributed by atoms with E-state index in [2.05, 4.69) is 20.5 Å². The van der Waals surface area contributed by atoms with Crippen LogP contribution in [-0.2, 0) is 6.54 Å². The van der Waals surface area contributed by atoms with Crippen molar-refractivity contribution in [2.24, 2.45) is 0 Å². The standard InChI is InChI=1S/C11H13FN4/c1-8(9-4-2-3-5-10(9)12)13-6-11-14-7-15-16-11/h2-5,7-8,13H,6H2,1H3,(H,14,15,16). The summed E-state index contributed by atoms with van der Waals surface area (Å²) in [5.41, 5.74) is 0.655. The third-order valence-electron chi connectivity index (χ3n) is 2.41. The Balaban J connectivity index is 1.98. The molecule has 1 atom stereocenters. The van der Waals surface area contributed by atoms with Gasteiger partial charge in [-0.15, -0.1) is 0 Å². The zero-order valence-electron chi connectivity index (χ0n) is 8.94. The van der Waals surface area contributed by atoms with E-state index in [1.165, 1.54) is 12.4 Å². The van der Waals surface area contributed by atoms with Gasteiger partial charge in [0.05, 0.1) is 6.54 Å². The maximum absolute atomic E-state index is 13.4. The molecular weight excluding hydrogens is 207 g/mol. The molecule has 0 bridgehead atoms. The molecule has 0 spiro atoms. The molecule has 0 aliphatic carbocycles. The molecule has 0 saturated heterocycles. The number of aromatic amines is 1. The molecule has 84 valence electrons. The summed E-state index contributed by atoms with van der Waals surface area (Å²) in [7, 11) is 0. The third-order valence-corrected chi connectivity index (χ3v) is 2.41. The molecule has 16 heavy (non-hydrogen) atoms. The SMILES string of the molecule is CC(NCc1ncn[nH]1)c1ccccc1F. The van der Waals surface area contributed by atoms with Crippen molar-refractivity contribution in [2.75, 3.05) is 0 Å². The van der Waals surface area contributed by atoms with E-state index >= 15 is 0 Å². The van der Waals surface area contributed by atoms with Crippen LogP contribution in [0, 0.1) is 5.82 Å². The van der Waals surface area contributed by atoms with Gasteiger partial charge in [-0.3, -0.25) is 5.10 Å². The molecule has 1 unspecified atom stereocenters. The number of hydrogen-bond donors (Lipinski definition) is 2. The number of nitrogens with one attached hydrogen (secondary N) is 2. The van der Waals surface area contributed by atoms with Gasteiger partial charge in [0.25, 0.3) is 0 Å². The van der Waals surface area contributed by atoms with Crippen LogP contribution in [0.4, 0.5) is 4.39 Å². The van der Waals surface area contributed by atoms with Crippen molar-refractivity contribution in [1.29, 1.82) is 0 Å². The summed E-state index contributed by atoms with van der Waals surface area (Å²) in [6.45, 7) is 2.45. The lowest BCUT2D eigenvalue weighted by Crippen LogP contribution is -2.19. The second-order valence-electron chi connectivity index (χ2n) is 3.56. The number of aromatic nitrogens is 3. The summed E-state index contributed by atoms with van der Waals surface area (Å²) in [6.07, 6.45) is 1.45. The van der Waals surface area contributed by atoms with Gasteiger partial charge >= 0.3 is 0 Å². The lowest BCUT2D eigenvalue weighted by molar-refractivity contribution is 0.520. The normalized spacial score (nSPS) is 12.6. The lowest BCUT2D eigenvalue weighted by atomic mass is 10.1. The Hall–Kier alpha value is -1.75. The summed E-state index contributed by atoms with van der Waals surface area (Å²) >= 11 is 0. The Morgan fingerprint density at radius 1 is 1.44 bits per heavy atom. The van der Waals surface area contributed by atoms with E-state index < -0.39 is 0 Å². The zero-order valence-corrected chi connectivity index (χ0v) is 8.94. The largest absolute Gasteiger partial charge is 0.303 e. The van der Waals surface area contributed by atoms with Gasteiger partial charge in [0, 0.05) is 11.6 Å². The summed E-state index contributed by atoms with van der Waals surface area (Å²) in [5.74, 6) is 0.545. The average molecular weight is 220 g/mol. The number of nitrogens with zero attached hydrogens (tertiary/aromatic N) is 2. The molecule has 0 fully saturated rings. The number of H-pyrrole nitrogens is 1. The van der Waals surface area contributed by atoms with Gasteiger partial charge in [0.1, 0.15) is 18.0 Å². The minimum atomic E-state index is -0.194. The van der Waals surface area contributed by atoms with E-state index in [9.17, 15) is 4.39 Å². The van der Waals surface area contributed by atoms with Gasteiger partial charge < -0.3 is 5.32 Å². The average Bonchev–Trinajstić information content (AvgIpc) is 2.79. The Morgan fingerprint density at radius 2 is 2.25 bits per heavy atom. The number of rotatable bonds is 4. The fraction of sp³-hybridized carbons (Fsp3) is 0.273. The van der Waals surface area contributed by atoms with Crippen molar-refractivity contribution in [3.63, 3.8) is 0 Å². The summed E-state index contributed by atoms with van der Waals surface area (Å²) < 4.78 is 13.4. The van der Waals surface area contributed by atoms with E-state index in [0.29, 0.717) is 12.1 Å². The van der Waals surface area contributed by atoms with Crippen LogP contribution >= 0.6 is 0 Å². The minimum Gasteiger partial charge on any atom is -0.303 e. The zero-order chi connectivity index (χ0) is 11.4. The monoisotopic (exact) mass is 220 g/mol. The fourth-order valence-electron chi connectivity index (χ4n) is 1.50. The molecule has 2 aromatic rings. The highest BCUT2D eigenvalue weighted by Crippen LogP contribution is 2.15. The Labute approximate surface area is 92.9 Å². The maximum atomic E-state index is 13.4. The highest BCUT2D eigenvalue weighted by atomic mass is 19.1. The molecule has 1 heterocycles. The molecule has 5 heteroatoms. The van der Waals surface area contributed by atoms with Gasteiger partial charge in [-0.05, 0) is 13.0 Å². The van der Waals surface area contributed by atoms with Gasteiger partial charge in [-0.25, -0.2) is 9.37 Å². The molecule has 2 N–H and O–H groups in total. The minimum absolute atomic E-state index is 0.0636. The molecular formula is C11H13FN4. The van der Waals surface area contributed by atoms with E-state index in [1.54, 1.807) is 12.1 Å². The molecule has 0 aliphatic heterocycles. The highest BCUT2D eigenvalue weighted by Gasteiger charge is 2.09. The lowest BCUT2D eigenvalue weighted by Gasteiger charge is -2.13. The van der Waals surface area contributed by atoms with E-state index in [4.69, 9.17) is 0 Å². The van der Waals surface area contributed by atoms with E-state index in [1.807, 2.05) is 13.0 Å². The summed E-state index contributed by atoms with van der Waals surface area (Å²) in [5, 5.41) is 9.65. The van der Waals surface area contributed by atoms with Crippen molar-refractivity contribution in [2.45, 2.75) is 19.5 Å². The van der Waals surface area contributed by atoms with Crippen molar-refractivity contribution >= 4 is 0 Å². The quantitative estimate of drug-likeness (QED) is 0.826. The van der Waals surface area contributed by atoms with Crippen LogP contribution in [0.25, 0.3) is 0 Å². The van der Waals surface area contributed by atoms with Crippen molar-refractivity contribution in [3.8, 4) is 0 Å². The fourth-order valence-corrected chi connectivity index (χ4v) is 1.50. The van der Waals surface area contributed by atoms with E-state index in [0.717, 1.165) is 5.82 Å². The van der Waals surface area contributed by atoms with Crippen LogP contribution in [0.1, 0.15) is 24.4 Å². The summed E-state index contributed by atoms with van der Waals surface area (Å²) in [4.78, 5) is 3.98. The predicted molar refractivity (Wildman–Crippen MR) is 58.0 cm³/mol. The second kappa shape index (κ2) is 4.85. The first-order chi connectivity index (χ1) is 7.77. The molecule has 2 rings (SSSR count). The number of hydrogen-bond acceptors (Lipinski definition) is 3. The van der Waals surface area contributed by atoms with Crippen molar-refractivity contribution < 1.29 is 4.39 Å². The number of halogens is 1. The van der Waals surface area contributed by atoms with Gasteiger partial charge in [0.2, 0.25) is 0 Å². The first kappa shape index (κ1) is 10.8. The molecule has 1 aromatic heterocycles. The Morgan fingerprint density at radius 3 is 2.94 bits per heavy atom. The first-order valence-electron chi connectivity index (χ1n) is 5.09. The maximum Gasteiger partial charge on any atom is 0.138 e. The highest BCUT2D eigenvalue weighted by molar-refractivity contribution is 5.20. The van der Waals surface area contributed by atoms with Crippen LogP contribution < -0.4 is 5.32 Å². The van der Waals surface area contributed by atoms with Gasteiger partial charge in [0.15, 0.2) is 0 Å². The second-order valence-corrected chi connectivity index (χ2v) is 3.56. The topological polar surface area (TPSA) is 53.6 Å².